The maximum Gasteiger partial charge on any atom is 0.261 e. The van der Waals surface area contributed by atoms with Crippen molar-refractivity contribution >= 4 is 33.2 Å². The summed E-state index contributed by atoms with van der Waals surface area (Å²) in [4.78, 5) is 14.9. The molecule has 0 unspecified atom stereocenters. The van der Waals surface area contributed by atoms with Crippen LogP contribution in [-0.4, -0.2) is 26.3 Å². The largest absolute Gasteiger partial charge is 0.497 e. The molecule has 178 valence electrons. The number of halogens is 1. The molecule has 1 N–H and O–H groups in total. The smallest absolute Gasteiger partial charge is 0.261 e. The predicted octanol–water partition coefficient (Wildman–Crippen LogP) is 5.60. The molecule has 1 heterocycles. The Bertz CT molecular complexity index is 1350. The minimum atomic E-state index is -3.85. The molecule has 4 rings (SSSR count). The quantitative estimate of drug-likeness (QED) is 0.479. The number of ether oxygens (including phenoxy) is 1. The Kier molecular flexibility index (Phi) is 6.36. The Hall–Kier alpha value is -3.03. The molecular weight excluding hydrogens is 472 g/mol. The average molecular weight is 499 g/mol. The number of amides is 1. The van der Waals surface area contributed by atoms with Crippen LogP contribution in [0.25, 0.3) is 0 Å². The van der Waals surface area contributed by atoms with Gasteiger partial charge in [-0.25, -0.2) is 8.42 Å². The van der Waals surface area contributed by atoms with Crippen molar-refractivity contribution in [1.82, 2.24) is 4.90 Å². The standard InChI is InChI=1S/C26H27ClN2O4S/c1-26(2,3)18-8-10-20(11-9-18)34(31,32)28-23-13-12-22(27)24-21(23)16-29(25(24)30)15-17-6-5-7-19(14-17)33-4/h5-14,28H,15-16H2,1-4H3. The van der Waals surface area contributed by atoms with Crippen LogP contribution in [0.4, 0.5) is 5.69 Å². The van der Waals surface area contributed by atoms with Crippen LogP contribution >= 0.6 is 11.6 Å². The molecule has 0 radical (unpaired) electrons. The Balaban J connectivity index is 1.61. The Morgan fingerprint density at radius 3 is 2.41 bits per heavy atom. The average Bonchev–Trinajstić information content (AvgIpc) is 3.12. The fourth-order valence-corrected chi connectivity index (χ4v) is 5.34. The molecule has 3 aromatic carbocycles. The van der Waals surface area contributed by atoms with Gasteiger partial charge in [-0.1, -0.05) is 56.6 Å². The first-order valence-electron chi connectivity index (χ1n) is 10.9. The van der Waals surface area contributed by atoms with E-state index in [1.54, 1.807) is 36.3 Å². The topological polar surface area (TPSA) is 75.7 Å². The van der Waals surface area contributed by atoms with E-state index in [1.165, 1.54) is 0 Å². The van der Waals surface area contributed by atoms with Crippen LogP contribution in [0.5, 0.6) is 5.75 Å². The van der Waals surface area contributed by atoms with Gasteiger partial charge in [0.15, 0.2) is 0 Å². The predicted molar refractivity (Wildman–Crippen MR) is 134 cm³/mol. The number of fused-ring (bicyclic) bond motifs is 1. The lowest BCUT2D eigenvalue weighted by atomic mass is 9.87. The van der Waals surface area contributed by atoms with E-state index < -0.39 is 10.0 Å². The Morgan fingerprint density at radius 1 is 1.06 bits per heavy atom. The number of nitrogens with zero attached hydrogens (tertiary/aromatic N) is 1. The monoisotopic (exact) mass is 498 g/mol. The number of hydrogen-bond donors (Lipinski definition) is 1. The highest BCUT2D eigenvalue weighted by atomic mass is 35.5. The fourth-order valence-electron chi connectivity index (χ4n) is 3.99. The normalized spacial score (nSPS) is 13.7. The highest BCUT2D eigenvalue weighted by Gasteiger charge is 2.33. The molecule has 1 aliphatic rings. The minimum absolute atomic E-state index is 0.0840. The third kappa shape index (κ3) is 4.76. The number of hydrogen-bond acceptors (Lipinski definition) is 4. The zero-order valence-corrected chi connectivity index (χ0v) is 21.1. The van der Waals surface area contributed by atoms with Gasteiger partial charge in [0, 0.05) is 18.7 Å². The summed E-state index contributed by atoms with van der Waals surface area (Å²) in [6, 6.07) is 17.5. The van der Waals surface area contributed by atoms with Gasteiger partial charge in [0.25, 0.3) is 15.9 Å². The Morgan fingerprint density at radius 2 is 1.76 bits per heavy atom. The molecule has 1 amide bonds. The van der Waals surface area contributed by atoms with E-state index in [4.69, 9.17) is 16.3 Å². The van der Waals surface area contributed by atoms with Gasteiger partial charge < -0.3 is 9.64 Å². The maximum absolute atomic E-state index is 13.1. The van der Waals surface area contributed by atoms with Crippen LogP contribution in [0.15, 0.2) is 65.6 Å². The number of sulfonamides is 1. The molecule has 0 bridgehead atoms. The fraction of sp³-hybridized carbons (Fsp3) is 0.269. The zero-order chi connectivity index (χ0) is 24.7. The molecule has 3 aromatic rings. The number of carbonyl (C=O) groups is 1. The van der Waals surface area contributed by atoms with Crippen LogP contribution in [-0.2, 0) is 28.5 Å². The highest BCUT2D eigenvalue weighted by Crippen LogP contribution is 2.36. The minimum Gasteiger partial charge on any atom is -0.497 e. The summed E-state index contributed by atoms with van der Waals surface area (Å²) in [7, 11) is -2.26. The van der Waals surface area contributed by atoms with Crippen molar-refractivity contribution in [2.24, 2.45) is 0 Å². The van der Waals surface area contributed by atoms with Gasteiger partial charge in [-0.2, -0.15) is 0 Å². The van der Waals surface area contributed by atoms with Crippen LogP contribution in [0.1, 0.15) is 47.8 Å². The highest BCUT2D eigenvalue weighted by molar-refractivity contribution is 7.92. The lowest BCUT2D eigenvalue weighted by molar-refractivity contribution is 0.0767. The third-order valence-corrected chi connectivity index (χ3v) is 7.59. The van der Waals surface area contributed by atoms with Gasteiger partial charge in [-0.15, -0.1) is 0 Å². The van der Waals surface area contributed by atoms with Gasteiger partial charge in [-0.3, -0.25) is 9.52 Å². The Labute approximate surface area is 205 Å². The molecule has 0 atom stereocenters. The summed E-state index contributed by atoms with van der Waals surface area (Å²) >= 11 is 6.36. The van der Waals surface area contributed by atoms with E-state index in [2.05, 4.69) is 25.5 Å². The summed E-state index contributed by atoms with van der Waals surface area (Å²) in [6.07, 6.45) is 0. The first-order chi connectivity index (χ1) is 16.0. The van der Waals surface area contributed by atoms with Crippen molar-refractivity contribution in [1.29, 1.82) is 0 Å². The van der Waals surface area contributed by atoms with Crippen molar-refractivity contribution < 1.29 is 17.9 Å². The molecule has 8 heteroatoms. The summed E-state index contributed by atoms with van der Waals surface area (Å²) < 4.78 is 34.2. The summed E-state index contributed by atoms with van der Waals surface area (Å²) in [5, 5.41) is 0.297. The molecule has 0 fully saturated rings. The first kappa shape index (κ1) is 24.1. The second kappa shape index (κ2) is 8.96. The maximum atomic E-state index is 13.1. The van der Waals surface area contributed by atoms with Crippen LogP contribution in [0.3, 0.4) is 0 Å². The van der Waals surface area contributed by atoms with E-state index in [-0.39, 0.29) is 22.8 Å². The zero-order valence-electron chi connectivity index (χ0n) is 19.6. The number of rotatable bonds is 6. The number of anilines is 1. The lowest BCUT2D eigenvalue weighted by Crippen LogP contribution is -2.23. The van der Waals surface area contributed by atoms with Crippen LogP contribution < -0.4 is 9.46 Å². The van der Waals surface area contributed by atoms with E-state index in [0.29, 0.717) is 34.1 Å². The molecular formula is C26H27ClN2O4S. The van der Waals surface area contributed by atoms with Crippen molar-refractivity contribution in [2.75, 3.05) is 11.8 Å². The number of benzene rings is 3. The van der Waals surface area contributed by atoms with Gasteiger partial charge in [0.05, 0.1) is 28.3 Å². The number of methoxy groups -OCH3 is 1. The molecule has 0 spiro atoms. The molecule has 6 nitrogen and oxygen atoms in total. The number of nitrogens with one attached hydrogen (secondary N) is 1. The van der Waals surface area contributed by atoms with Crippen molar-refractivity contribution in [3.63, 3.8) is 0 Å². The van der Waals surface area contributed by atoms with Gasteiger partial charge in [-0.05, 0) is 52.9 Å². The molecule has 0 aromatic heterocycles. The second-order valence-corrected chi connectivity index (χ2v) is 11.4. The molecule has 1 aliphatic heterocycles. The van der Waals surface area contributed by atoms with E-state index in [9.17, 15) is 13.2 Å². The molecule has 0 saturated heterocycles. The first-order valence-corrected chi connectivity index (χ1v) is 12.7. The van der Waals surface area contributed by atoms with Gasteiger partial charge in [0.2, 0.25) is 0 Å². The molecule has 0 saturated carbocycles. The summed E-state index contributed by atoms with van der Waals surface area (Å²) in [6.45, 7) is 6.80. The SMILES string of the molecule is COc1cccc(CN2Cc3c(NS(=O)(=O)c4ccc(C(C)(C)C)cc4)ccc(Cl)c3C2=O)c1. The van der Waals surface area contributed by atoms with Crippen molar-refractivity contribution in [3.05, 3.63) is 87.9 Å². The van der Waals surface area contributed by atoms with E-state index in [0.717, 1.165) is 11.1 Å². The van der Waals surface area contributed by atoms with Crippen LogP contribution in [0, 0.1) is 0 Å². The lowest BCUT2D eigenvalue weighted by Gasteiger charge is -2.19. The van der Waals surface area contributed by atoms with Crippen molar-refractivity contribution in [3.8, 4) is 5.75 Å². The third-order valence-electron chi connectivity index (χ3n) is 5.89. The summed E-state index contributed by atoms with van der Waals surface area (Å²) in [5.41, 5.74) is 3.10. The van der Waals surface area contributed by atoms with Gasteiger partial charge >= 0.3 is 0 Å². The van der Waals surface area contributed by atoms with E-state index >= 15 is 0 Å². The molecule has 34 heavy (non-hydrogen) atoms. The van der Waals surface area contributed by atoms with Crippen LogP contribution in [0.2, 0.25) is 5.02 Å². The van der Waals surface area contributed by atoms with Crippen molar-refractivity contribution in [2.45, 2.75) is 44.2 Å². The molecule has 0 aliphatic carbocycles. The second-order valence-electron chi connectivity index (χ2n) is 9.34. The summed E-state index contributed by atoms with van der Waals surface area (Å²) in [5.74, 6) is 0.462. The van der Waals surface area contributed by atoms with Gasteiger partial charge in [0.1, 0.15) is 5.75 Å². The van der Waals surface area contributed by atoms with E-state index in [1.807, 2.05) is 36.4 Å². The number of carbonyl (C=O) groups excluding carboxylic acids is 1.